The molecule has 0 bridgehead atoms. The van der Waals surface area contributed by atoms with Gasteiger partial charge in [-0.1, -0.05) is 0 Å². The largest absolute Gasteiger partial charge is 0.382 e. The van der Waals surface area contributed by atoms with Crippen molar-refractivity contribution in [1.82, 2.24) is 4.98 Å². The monoisotopic (exact) mass is 248 g/mol. The van der Waals surface area contributed by atoms with Gasteiger partial charge in [0.05, 0.1) is 5.60 Å². The van der Waals surface area contributed by atoms with Crippen molar-refractivity contribution >= 4 is 11.5 Å². The smallest absolute Gasteiger partial charge is 0.141 e. The minimum Gasteiger partial charge on any atom is -0.382 e. The van der Waals surface area contributed by atoms with Gasteiger partial charge >= 0.3 is 0 Å². The number of nitrogen functional groups attached to an aromatic ring is 1. The van der Waals surface area contributed by atoms with Crippen LogP contribution in [0.25, 0.3) is 0 Å². The normalized spacial score (nSPS) is 24.0. The number of pyridine rings is 1. The van der Waals surface area contributed by atoms with Crippen LogP contribution in [0.3, 0.4) is 0 Å². The molecule has 5 nitrogen and oxygen atoms in total. The SMILES string of the molecule is COC1(C)CCCN(c2ccnc(C(=N)N)c2)C1. The summed E-state index contributed by atoms with van der Waals surface area (Å²) in [5, 5.41) is 7.43. The van der Waals surface area contributed by atoms with Gasteiger partial charge in [-0.2, -0.15) is 0 Å². The van der Waals surface area contributed by atoms with E-state index in [1.165, 1.54) is 0 Å². The summed E-state index contributed by atoms with van der Waals surface area (Å²) in [5.74, 6) is 0.00311. The lowest BCUT2D eigenvalue weighted by Gasteiger charge is -2.40. The molecule has 0 amide bonds. The molecule has 5 heteroatoms. The Balaban J connectivity index is 2.21. The molecule has 1 unspecified atom stereocenters. The molecule has 1 fully saturated rings. The van der Waals surface area contributed by atoms with Crippen LogP contribution in [0.2, 0.25) is 0 Å². The zero-order valence-electron chi connectivity index (χ0n) is 10.9. The third-order valence-electron chi connectivity index (χ3n) is 3.54. The second-order valence-electron chi connectivity index (χ2n) is 4.99. The first kappa shape index (κ1) is 12.8. The Morgan fingerprint density at radius 2 is 2.39 bits per heavy atom. The maximum Gasteiger partial charge on any atom is 0.141 e. The number of hydrogen-bond acceptors (Lipinski definition) is 4. The molecule has 0 radical (unpaired) electrons. The summed E-state index contributed by atoms with van der Waals surface area (Å²) in [7, 11) is 1.76. The van der Waals surface area contributed by atoms with Crippen molar-refractivity contribution in [3.8, 4) is 0 Å². The second kappa shape index (κ2) is 4.94. The molecule has 18 heavy (non-hydrogen) atoms. The summed E-state index contributed by atoms with van der Waals surface area (Å²) in [6.07, 6.45) is 3.87. The van der Waals surface area contributed by atoms with E-state index in [0.717, 1.165) is 31.6 Å². The van der Waals surface area contributed by atoms with Crippen LogP contribution in [0.5, 0.6) is 0 Å². The number of anilines is 1. The van der Waals surface area contributed by atoms with Crippen LogP contribution in [0.1, 0.15) is 25.5 Å². The van der Waals surface area contributed by atoms with E-state index >= 15 is 0 Å². The Kier molecular flexibility index (Phi) is 3.52. The Morgan fingerprint density at radius 1 is 1.61 bits per heavy atom. The van der Waals surface area contributed by atoms with Crippen LogP contribution in [-0.4, -0.2) is 36.6 Å². The highest BCUT2D eigenvalue weighted by Gasteiger charge is 2.30. The minimum atomic E-state index is -0.0993. The van der Waals surface area contributed by atoms with E-state index < -0.39 is 0 Å². The Hall–Kier alpha value is -1.62. The molecule has 3 N–H and O–H groups in total. The van der Waals surface area contributed by atoms with Gasteiger partial charge in [-0.3, -0.25) is 10.4 Å². The van der Waals surface area contributed by atoms with E-state index in [2.05, 4.69) is 16.8 Å². The Bertz CT molecular complexity index is 448. The zero-order valence-corrected chi connectivity index (χ0v) is 10.9. The first-order valence-corrected chi connectivity index (χ1v) is 6.15. The van der Waals surface area contributed by atoms with E-state index in [1.54, 1.807) is 13.3 Å². The van der Waals surface area contributed by atoms with Crippen molar-refractivity contribution in [2.45, 2.75) is 25.4 Å². The maximum atomic E-state index is 7.43. The summed E-state index contributed by atoms with van der Waals surface area (Å²) in [6.45, 7) is 3.98. The van der Waals surface area contributed by atoms with E-state index in [4.69, 9.17) is 15.9 Å². The molecular formula is C13H20N4O. The molecule has 1 aliphatic heterocycles. The highest BCUT2D eigenvalue weighted by atomic mass is 16.5. The molecule has 1 aromatic heterocycles. The molecule has 2 heterocycles. The van der Waals surface area contributed by atoms with Crippen LogP contribution in [-0.2, 0) is 4.74 Å². The molecule has 1 saturated heterocycles. The van der Waals surface area contributed by atoms with Crippen LogP contribution in [0, 0.1) is 5.41 Å². The van der Waals surface area contributed by atoms with Gasteiger partial charge in [0, 0.05) is 32.1 Å². The van der Waals surface area contributed by atoms with Gasteiger partial charge in [-0.05, 0) is 31.9 Å². The number of aromatic nitrogens is 1. The van der Waals surface area contributed by atoms with E-state index in [-0.39, 0.29) is 11.4 Å². The molecule has 0 aliphatic carbocycles. The number of rotatable bonds is 3. The van der Waals surface area contributed by atoms with Crippen molar-refractivity contribution < 1.29 is 4.74 Å². The van der Waals surface area contributed by atoms with E-state index in [9.17, 15) is 0 Å². The summed E-state index contributed by atoms with van der Waals surface area (Å²) in [6, 6.07) is 3.82. The van der Waals surface area contributed by atoms with Crippen molar-refractivity contribution in [1.29, 1.82) is 5.41 Å². The number of nitrogens with zero attached hydrogens (tertiary/aromatic N) is 2. The average Bonchev–Trinajstić information content (AvgIpc) is 2.39. The number of piperidine rings is 1. The van der Waals surface area contributed by atoms with E-state index in [1.807, 2.05) is 12.1 Å². The quantitative estimate of drug-likeness (QED) is 0.626. The average molecular weight is 248 g/mol. The lowest BCUT2D eigenvalue weighted by molar-refractivity contribution is -0.00465. The third kappa shape index (κ3) is 2.61. The first-order valence-electron chi connectivity index (χ1n) is 6.15. The fourth-order valence-electron chi connectivity index (χ4n) is 2.36. The Morgan fingerprint density at radius 3 is 3.06 bits per heavy atom. The highest BCUT2D eigenvalue weighted by molar-refractivity contribution is 5.93. The van der Waals surface area contributed by atoms with Crippen molar-refractivity contribution in [2.24, 2.45) is 5.73 Å². The van der Waals surface area contributed by atoms with Gasteiger partial charge in [-0.25, -0.2) is 0 Å². The molecule has 98 valence electrons. The van der Waals surface area contributed by atoms with Crippen LogP contribution < -0.4 is 10.6 Å². The van der Waals surface area contributed by atoms with Crippen molar-refractivity contribution in [3.63, 3.8) is 0 Å². The standard InChI is InChI=1S/C13H20N4O/c1-13(18-2)5-3-7-17(9-13)10-4-6-16-11(8-10)12(14)15/h4,6,8H,3,5,7,9H2,1-2H3,(H3,14,15). The first-order chi connectivity index (χ1) is 8.54. The molecule has 0 spiro atoms. The number of ether oxygens (including phenoxy) is 1. The van der Waals surface area contributed by atoms with E-state index in [0.29, 0.717) is 5.69 Å². The number of amidine groups is 1. The second-order valence-corrected chi connectivity index (χ2v) is 4.99. The molecule has 2 rings (SSSR count). The van der Waals surface area contributed by atoms with Gasteiger partial charge in [0.25, 0.3) is 0 Å². The number of nitrogens with two attached hydrogens (primary N) is 1. The van der Waals surface area contributed by atoms with Gasteiger partial charge < -0.3 is 15.4 Å². The minimum absolute atomic E-state index is 0.00311. The van der Waals surface area contributed by atoms with Gasteiger partial charge in [0.2, 0.25) is 0 Å². The lowest BCUT2D eigenvalue weighted by atomic mass is 9.94. The van der Waals surface area contributed by atoms with Crippen molar-refractivity contribution in [3.05, 3.63) is 24.0 Å². The topological polar surface area (TPSA) is 75.2 Å². The number of nitrogens with one attached hydrogen (secondary N) is 1. The predicted molar refractivity (Wildman–Crippen MR) is 72.1 cm³/mol. The van der Waals surface area contributed by atoms with Crippen molar-refractivity contribution in [2.75, 3.05) is 25.1 Å². The molecule has 1 aromatic rings. The molecule has 0 saturated carbocycles. The summed E-state index contributed by atoms with van der Waals surface area (Å²) in [4.78, 5) is 6.35. The fourth-order valence-corrected chi connectivity index (χ4v) is 2.36. The molecule has 1 atom stereocenters. The van der Waals surface area contributed by atoms with Gasteiger partial charge in [0.15, 0.2) is 0 Å². The number of hydrogen-bond donors (Lipinski definition) is 2. The van der Waals surface area contributed by atoms with Crippen LogP contribution in [0.4, 0.5) is 5.69 Å². The molecule has 1 aliphatic rings. The predicted octanol–water partition coefficient (Wildman–Crippen LogP) is 1.37. The molecule has 0 aromatic carbocycles. The summed E-state index contributed by atoms with van der Waals surface area (Å²) in [5.41, 5.74) is 6.95. The van der Waals surface area contributed by atoms with Gasteiger partial charge in [0.1, 0.15) is 11.5 Å². The lowest BCUT2D eigenvalue weighted by Crippen LogP contribution is -2.47. The fraction of sp³-hybridized carbons (Fsp3) is 0.538. The zero-order chi connectivity index (χ0) is 13.2. The van der Waals surface area contributed by atoms with Crippen LogP contribution in [0.15, 0.2) is 18.3 Å². The summed E-state index contributed by atoms with van der Waals surface area (Å²) < 4.78 is 5.58. The Labute approximate surface area is 107 Å². The molecular weight excluding hydrogens is 228 g/mol. The third-order valence-corrected chi connectivity index (χ3v) is 3.54. The number of methoxy groups -OCH3 is 1. The highest BCUT2D eigenvalue weighted by Crippen LogP contribution is 2.27. The maximum absolute atomic E-state index is 7.43. The van der Waals surface area contributed by atoms with Gasteiger partial charge in [-0.15, -0.1) is 0 Å². The van der Waals surface area contributed by atoms with Crippen LogP contribution >= 0.6 is 0 Å². The summed E-state index contributed by atoms with van der Waals surface area (Å²) >= 11 is 0.